The SMILES string of the molecule is O=C(O)Cc1ccc([C@@H]2CC[C@H](NCCc3cccc4c3OCO4)C2)cc1. The van der Waals surface area contributed by atoms with Gasteiger partial charge in [0.05, 0.1) is 6.42 Å². The van der Waals surface area contributed by atoms with Crippen LogP contribution >= 0.6 is 0 Å². The normalized spacial score (nSPS) is 20.7. The number of para-hydroxylation sites is 1. The lowest BCUT2D eigenvalue weighted by atomic mass is 9.96. The van der Waals surface area contributed by atoms with Crippen LogP contribution in [0.1, 0.15) is 41.9 Å². The summed E-state index contributed by atoms with van der Waals surface area (Å²) in [6.07, 6.45) is 4.50. The van der Waals surface area contributed by atoms with Crippen molar-refractivity contribution < 1.29 is 19.4 Å². The molecule has 2 aromatic rings. The van der Waals surface area contributed by atoms with Gasteiger partial charge in [-0.2, -0.15) is 0 Å². The molecule has 1 saturated carbocycles. The Kier molecular flexibility index (Phi) is 5.30. The van der Waals surface area contributed by atoms with Crippen LogP contribution in [0.5, 0.6) is 11.5 Å². The number of rotatable bonds is 7. The zero-order valence-electron chi connectivity index (χ0n) is 15.3. The number of ether oxygens (including phenoxy) is 2. The van der Waals surface area contributed by atoms with Gasteiger partial charge in [0.15, 0.2) is 11.5 Å². The van der Waals surface area contributed by atoms with Gasteiger partial charge in [-0.25, -0.2) is 0 Å². The van der Waals surface area contributed by atoms with Crippen molar-refractivity contribution >= 4 is 5.97 Å². The zero-order valence-corrected chi connectivity index (χ0v) is 15.3. The van der Waals surface area contributed by atoms with Crippen LogP contribution in [-0.4, -0.2) is 30.5 Å². The van der Waals surface area contributed by atoms with E-state index >= 15 is 0 Å². The molecule has 0 bridgehead atoms. The first kappa shape index (κ1) is 17.9. The Morgan fingerprint density at radius 2 is 1.96 bits per heavy atom. The molecule has 2 atom stereocenters. The summed E-state index contributed by atoms with van der Waals surface area (Å²) in [5.74, 6) is 1.51. The van der Waals surface area contributed by atoms with E-state index in [4.69, 9.17) is 14.6 Å². The van der Waals surface area contributed by atoms with Crippen molar-refractivity contribution in [2.75, 3.05) is 13.3 Å². The maximum atomic E-state index is 10.8. The third-order valence-corrected chi connectivity index (χ3v) is 5.54. The summed E-state index contributed by atoms with van der Waals surface area (Å²) < 4.78 is 11.0. The van der Waals surface area contributed by atoms with Gasteiger partial charge in [0.25, 0.3) is 0 Å². The van der Waals surface area contributed by atoms with Crippen LogP contribution in [0, 0.1) is 0 Å². The van der Waals surface area contributed by atoms with Crippen molar-refractivity contribution in [2.24, 2.45) is 0 Å². The molecular weight excluding hydrogens is 342 g/mol. The van der Waals surface area contributed by atoms with E-state index in [9.17, 15) is 4.79 Å². The molecule has 1 heterocycles. The summed E-state index contributed by atoms with van der Waals surface area (Å²) in [5.41, 5.74) is 3.38. The van der Waals surface area contributed by atoms with Crippen LogP contribution in [0.25, 0.3) is 0 Å². The van der Waals surface area contributed by atoms with Crippen molar-refractivity contribution in [3.05, 3.63) is 59.2 Å². The predicted octanol–water partition coefficient (Wildman–Crippen LogP) is 3.51. The molecule has 27 heavy (non-hydrogen) atoms. The van der Waals surface area contributed by atoms with E-state index in [2.05, 4.69) is 23.5 Å². The summed E-state index contributed by atoms with van der Waals surface area (Å²) in [6, 6.07) is 14.7. The minimum atomic E-state index is -0.783. The van der Waals surface area contributed by atoms with Crippen molar-refractivity contribution in [3.63, 3.8) is 0 Å². The third-order valence-electron chi connectivity index (χ3n) is 5.54. The molecule has 0 saturated heterocycles. The van der Waals surface area contributed by atoms with Gasteiger partial charge in [-0.05, 0) is 60.9 Å². The van der Waals surface area contributed by atoms with Crippen molar-refractivity contribution in [1.82, 2.24) is 5.32 Å². The van der Waals surface area contributed by atoms with Crippen molar-refractivity contribution in [1.29, 1.82) is 0 Å². The summed E-state index contributed by atoms with van der Waals surface area (Å²) in [6.45, 7) is 1.24. The van der Waals surface area contributed by atoms with Crippen LogP contribution in [-0.2, 0) is 17.6 Å². The van der Waals surface area contributed by atoms with Gasteiger partial charge >= 0.3 is 5.97 Å². The quantitative estimate of drug-likeness (QED) is 0.784. The number of carboxylic acids is 1. The number of carbonyl (C=O) groups is 1. The Balaban J connectivity index is 1.26. The summed E-state index contributed by atoms with van der Waals surface area (Å²) >= 11 is 0. The lowest BCUT2D eigenvalue weighted by Gasteiger charge is -2.14. The van der Waals surface area contributed by atoms with Crippen molar-refractivity contribution in [2.45, 2.75) is 44.1 Å². The van der Waals surface area contributed by atoms with E-state index in [0.29, 0.717) is 18.8 Å². The first-order valence-electron chi connectivity index (χ1n) is 9.60. The van der Waals surface area contributed by atoms with Crippen LogP contribution in [0.4, 0.5) is 0 Å². The van der Waals surface area contributed by atoms with E-state index in [1.165, 1.54) is 24.0 Å². The molecule has 1 aliphatic carbocycles. The minimum Gasteiger partial charge on any atom is -0.481 e. The molecule has 2 aromatic carbocycles. The molecule has 0 spiro atoms. The average molecular weight is 367 g/mol. The molecule has 142 valence electrons. The lowest BCUT2D eigenvalue weighted by Crippen LogP contribution is -2.28. The predicted molar refractivity (Wildman–Crippen MR) is 102 cm³/mol. The second-order valence-corrected chi connectivity index (χ2v) is 7.37. The van der Waals surface area contributed by atoms with Crippen LogP contribution in [0.2, 0.25) is 0 Å². The Morgan fingerprint density at radius 1 is 1.11 bits per heavy atom. The van der Waals surface area contributed by atoms with Crippen LogP contribution in [0.15, 0.2) is 42.5 Å². The lowest BCUT2D eigenvalue weighted by molar-refractivity contribution is -0.136. The fourth-order valence-electron chi connectivity index (χ4n) is 4.15. The summed E-state index contributed by atoms with van der Waals surface area (Å²) in [7, 11) is 0. The Bertz CT molecular complexity index is 802. The number of aliphatic carboxylic acids is 1. The van der Waals surface area contributed by atoms with Crippen LogP contribution < -0.4 is 14.8 Å². The monoisotopic (exact) mass is 367 g/mol. The van der Waals surface area contributed by atoms with E-state index in [0.717, 1.165) is 36.4 Å². The molecule has 0 amide bonds. The number of fused-ring (bicyclic) bond motifs is 1. The molecule has 4 rings (SSSR count). The number of hydrogen-bond acceptors (Lipinski definition) is 4. The molecule has 2 aliphatic rings. The Labute approximate surface area is 159 Å². The molecule has 0 aromatic heterocycles. The molecule has 0 radical (unpaired) electrons. The fourth-order valence-corrected chi connectivity index (χ4v) is 4.15. The highest BCUT2D eigenvalue weighted by molar-refractivity contribution is 5.70. The largest absolute Gasteiger partial charge is 0.481 e. The first-order chi connectivity index (χ1) is 13.2. The van der Waals surface area contributed by atoms with E-state index in [1.54, 1.807) is 0 Å². The van der Waals surface area contributed by atoms with Gasteiger partial charge in [-0.1, -0.05) is 36.4 Å². The maximum Gasteiger partial charge on any atom is 0.307 e. The molecule has 0 unspecified atom stereocenters. The van der Waals surface area contributed by atoms with E-state index in [1.807, 2.05) is 24.3 Å². The number of carboxylic acid groups (broad SMARTS) is 1. The van der Waals surface area contributed by atoms with Crippen molar-refractivity contribution in [3.8, 4) is 11.5 Å². The second-order valence-electron chi connectivity index (χ2n) is 7.37. The topological polar surface area (TPSA) is 67.8 Å². The van der Waals surface area contributed by atoms with E-state index in [-0.39, 0.29) is 6.42 Å². The summed E-state index contributed by atoms with van der Waals surface area (Å²) in [5, 5.41) is 12.6. The van der Waals surface area contributed by atoms with Gasteiger partial charge in [-0.3, -0.25) is 4.79 Å². The fraction of sp³-hybridized carbons (Fsp3) is 0.409. The molecule has 1 fully saturated rings. The molecule has 5 nitrogen and oxygen atoms in total. The number of benzene rings is 2. The second kappa shape index (κ2) is 8.01. The molecule has 1 aliphatic heterocycles. The Morgan fingerprint density at radius 3 is 2.78 bits per heavy atom. The number of hydrogen-bond donors (Lipinski definition) is 2. The average Bonchev–Trinajstić information content (AvgIpc) is 3.31. The van der Waals surface area contributed by atoms with Gasteiger partial charge in [0.2, 0.25) is 6.79 Å². The summed E-state index contributed by atoms with van der Waals surface area (Å²) in [4.78, 5) is 10.8. The Hall–Kier alpha value is -2.53. The highest BCUT2D eigenvalue weighted by Gasteiger charge is 2.25. The standard InChI is InChI=1S/C22H25NO4/c24-21(25)12-15-4-6-16(7-5-15)18-8-9-19(13-18)23-11-10-17-2-1-3-20-22(17)27-14-26-20/h1-7,18-19,23H,8-14H2,(H,24,25)/t18-,19+/m1/s1. The minimum absolute atomic E-state index is 0.0903. The van der Waals surface area contributed by atoms with Gasteiger partial charge in [0.1, 0.15) is 0 Å². The van der Waals surface area contributed by atoms with Gasteiger partial charge in [0, 0.05) is 6.04 Å². The highest BCUT2D eigenvalue weighted by Crippen LogP contribution is 2.36. The number of nitrogens with one attached hydrogen (secondary N) is 1. The third kappa shape index (κ3) is 4.25. The molecule has 2 N–H and O–H groups in total. The first-order valence-corrected chi connectivity index (χ1v) is 9.60. The smallest absolute Gasteiger partial charge is 0.307 e. The van der Waals surface area contributed by atoms with Crippen LogP contribution in [0.3, 0.4) is 0 Å². The zero-order chi connectivity index (χ0) is 18.6. The van der Waals surface area contributed by atoms with Gasteiger partial charge < -0.3 is 19.9 Å². The highest BCUT2D eigenvalue weighted by atomic mass is 16.7. The van der Waals surface area contributed by atoms with E-state index < -0.39 is 5.97 Å². The molecular formula is C22H25NO4. The molecule has 5 heteroatoms. The van der Waals surface area contributed by atoms with Gasteiger partial charge in [-0.15, -0.1) is 0 Å². The maximum absolute atomic E-state index is 10.8.